The maximum Gasteiger partial charge on any atom is 0.256 e. The van der Waals surface area contributed by atoms with Gasteiger partial charge in [0.2, 0.25) is 0 Å². The summed E-state index contributed by atoms with van der Waals surface area (Å²) in [5, 5.41) is 10.1. The Morgan fingerprint density at radius 1 is 1.26 bits per heavy atom. The number of benzene rings is 1. The minimum atomic E-state index is -0.217. The highest BCUT2D eigenvalue weighted by molar-refractivity contribution is 7.09. The molecule has 0 bridgehead atoms. The third kappa shape index (κ3) is 3.41. The van der Waals surface area contributed by atoms with Crippen molar-refractivity contribution in [2.24, 2.45) is 0 Å². The quantitative estimate of drug-likeness (QED) is 0.567. The van der Waals surface area contributed by atoms with Gasteiger partial charge in [0.25, 0.3) is 5.91 Å². The summed E-state index contributed by atoms with van der Waals surface area (Å²) in [5.41, 5.74) is 2.63. The van der Waals surface area contributed by atoms with Gasteiger partial charge in [0.1, 0.15) is 5.75 Å². The number of carbonyl (C=O) groups is 1. The van der Waals surface area contributed by atoms with Crippen molar-refractivity contribution < 1.29 is 9.53 Å². The summed E-state index contributed by atoms with van der Waals surface area (Å²) in [4.78, 5) is 18.7. The van der Waals surface area contributed by atoms with Gasteiger partial charge in [-0.05, 0) is 36.6 Å². The predicted molar refractivity (Wildman–Crippen MR) is 107 cm³/mol. The van der Waals surface area contributed by atoms with Crippen LogP contribution in [-0.4, -0.2) is 27.8 Å². The highest BCUT2D eigenvalue weighted by atomic mass is 32.1. The first-order chi connectivity index (χ1) is 13.2. The second kappa shape index (κ2) is 7.20. The van der Waals surface area contributed by atoms with Crippen molar-refractivity contribution in [3.63, 3.8) is 0 Å². The smallest absolute Gasteiger partial charge is 0.256 e. The number of aromatic nitrogens is 3. The first kappa shape index (κ1) is 17.2. The lowest BCUT2D eigenvalue weighted by Crippen LogP contribution is -2.14. The van der Waals surface area contributed by atoms with Gasteiger partial charge in [0, 0.05) is 10.6 Å². The Morgan fingerprint density at radius 3 is 2.89 bits per heavy atom. The maximum atomic E-state index is 12.9. The molecule has 1 aromatic carbocycles. The number of carbonyl (C=O) groups excluding carboxylic acids is 1. The lowest BCUT2D eigenvalue weighted by molar-refractivity contribution is 0.102. The molecule has 136 valence electrons. The van der Waals surface area contributed by atoms with Crippen LogP contribution >= 0.6 is 11.3 Å². The third-order valence-corrected chi connectivity index (χ3v) is 5.08. The van der Waals surface area contributed by atoms with E-state index < -0.39 is 0 Å². The van der Waals surface area contributed by atoms with Crippen molar-refractivity contribution in [1.82, 2.24) is 14.8 Å². The van der Waals surface area contributed by atoms with E-state index in [4.69, 9.17) is 4.74 Å². The number of pyridine rings is 1. The molecule has 7 heteroatoms. The molecule has 1 N–H and O–H groups in total. The summed E-state index contributed by atoms with van der Waals surface area (Å²) >= 11 is 1.67. The molecule has 0 fully saturated rings. The molecule has 0 spiro atoms. The fourth-order valence-electron chi connectivity index (χ4n) is 2.96. The number of rotatable bonds is 5. The molecule has 0 saturated carbocycles. The van der Waals surface area contributed by atoms with Gasteiger partial charge >= 0.3 is 0 Å². The van der Waals surface area contributed by atoms with E-state index in [0.717, 1.165) is 11.1 Å². The van der Waals surface area contributed by atoms with Crippen LogP contribution in [0.15, 0.2) is 54.0 Å². The molecule has 0 aliphatic heterocycles. The largest absolute Gasteiger partial charge is 0.495 e. The van der Waals surface area contributed by atoms with Gasteiger partial charge in [-0.2, -0.15) is 5.10 Å². The van der Waals surface area contributed by atoms with Gasteiger partial charge in [-0.3, -0.25) is 4.79 Å². The summed E-state index contributed by atoms with van der Waals surface area (Å²) in [6.07, 6.45) is 1.70. The van der Waals surface area contributed by atoms with Gasteiger partial charge in [-0.25, -0.2) is 9.67 Å². The number of amides is 1. The van der Waals surface area contributed by atoms with Crippen LogP contribution in [0.1, 0.15) is 20.9 Å². The standard InChI is InChI=1S/C20H18N4O2S/c1-13-10-15(20(25)23-17-7-3-4-8-18(17)26-2)16-11-21-24(19(16)22-13)12-14-6-5-9-27-14/h3-11H,12H2,1-2H3,(H,23,25). The molecule has 0 atom stereocenters. The normalized spacial score (nSPS) is 10.9. The summed E-state index contributed by atoms with van der Waals surface area (Å²) in [6, 6.07) is 13.2. The van der Waals surface area contributed by atoms with Crippen LogP contribution in [0, 0.1) is 6.92 Å². The number of para-hydroxylation sites is 2. The monoisotopic (exact) mass is 378 g/mol. The number of thiophene rings is 1. The van der Waals surface area contributed by atoms with Crippen molar-refractivity contribution in [1.29, 1.82) is 0 Å². The zero-order valence-corrected chi connectivity index (χ0v) is 15.8. The number of nitrogens with one attached hydrogen (secondary N) is 1. The summed E-state index contributed by atoms with van der Waals surface area (Å²) in [7, 11) is 1.58. The minimum absolute atomic E-state index is 0.217. The zero-order valence-electron chi connectivity index (χ0n) is 15.0. The second-order valence-electron chi connectivity index (χ2n) is 6.08. The predicted octanol–water partition coefficient (Wildman–Crippen LogP) is 4.11. The molecule has 3 heterocycles. The van der Waals surface area contributed by atoms with Crippen molar-refractivity contribution in [2.75, 3.05) is 12.4 Å². The molecule has 4 rings (SSSR count). The van der Waals surface area contributed by atoms with Gasteiger partial charge in [-0.15, -0.1) is 11.3 Å². The van der Waals surface area contributed by atoms with E-state index in [-0.39, 0.29) is 5.91 Å². The number of fused-ring (bicyclic) bond motifs is 1. The number of methoxy groups -OCH3 is 1. The molecule has 1 amide bonds. The Bertz CT molecular complexity index is 1100. The van der Waals surface area contributed by atoms with E-state index >= 15 is 0 Å². The fourth-order valence-corrected chi connectivity index (χ4v) is 3.65. The van der Waals surface area contributed by atoms with Crippen LogP contribution in [0.25, 0.3) is 11.0 Å². The van der Waals surface area contributed by atoms with Gasteiger partial charge < -0.3 is 10.1 Å². The molecule has 0 aliphatic rings. The highest BCUT2D eigenvalue weighted by Gasteiger charge is 2.17. The average Bonchev–Trinajstić information content (AvgIpc) is 3.32. The molecule has 0 unspecified atom stereocenters. The molecule has 0 aliphatic carbocycles. The Kier molecular flexibility index (Phi) is 4.60. The Labute approximate surface area is 160 Å². The minimum Gasteiger partial charge on any atom is -0.495 e. The van der Waals surface area contributed by atoms with E-state index in [1.165, 1.54) is 4.88 Å². The summed E-state index contributed by atoms with van der Waals surface area (Å²) < 4.78 is 7.14. The van der Waals surface area contributed by atoms with Crippen LogP contribution in [0.4, 0.5) is 5.69 Å². The van der Waals surface area contributed by atoms with Crippen molar-refractivity contribution in [3.05, 3.63) is 70.2 Å². The Hall–Kier alpha value is -3.19. The van der Waals surface area contributed by atoms with E-state index in [9.17, 15) is 4.79 Å². The highest BCUT2D eigenvalue weighted by Crippen LogP contribution is 2.26. The molecule has 4 aromatic rings. The van der Waals surface area contributed by atoms with E-state index in [1.807, 2.05) is 47.3 Å². The van der Waals surface area contributed by atoms with E-state index in [1.54, 1.807) is 30.7 Å². The third-order valence-electron chi connectivity index (χ3n) is 4.22. The van der Waals surface area contributed by atoms with Gasteiger partial charge in [0.15, 0.2) is 5.65 Å². The number of nitrogens with zero attached hydrogens (tertiary/aromatic N) is 3. The van der Waals surface area contributed by atoms with E-state index in [0.29, 0.717) is 29.2 Å². The topological polar surface area (TPSA) is 69.0 Å². The van der Waals surface area contributed by atoms with Gasteiger partial charge in [0.05, 0.1) is 36.5 Å². The molecule has 6 nitrogen and oxygen atoms in total. The number of hydrogen-bond donors (Lipinski definition) is 1. The summed E-state index contributed by atoms with van der Waals surface area (Å²) in [6.45, 7) is 2.51. The SMILES string of the molecule is COc1ccccc1NC(=O)c1cc(C)nc2c1cnn2Cc1cccs1. The van der Waals surface area contributed by atoms with E-state index in [2.05, 4.69) is 21.5 Å². The fraction of sp³-hybridized carbons (Fsp3) is 0.150. The molecule has 0 saturated heterocycles. The maximum absolute atomic E-state index is 12.9. The number of ether oxygens (including phenoxy) is 1. The van der Waals surface area contributed by atoms with Crippen LogP contribution < -0.4 is 10.1 Å². The molecular formula is C20H18N4O2S. The lowest BCUT2D eigenvalue weighted by atomic mass is 10.1. The molecule has 3 aromatic heterocycles. The van der Waals surface area contributed by atoms with Crippen LogP contribution in [-0.2, 0) is 6.54 Å². The number of anilines is 1. The zero-order chi connectivity index (χ0) is 18.8. The molecular weight excluding hydrogens is 360 g/mol. The number of aryl methyl sites for hydroxylation is 1. The Morgan fingerprint density at radius 2 is 2.11 bits per heavy atom. The van der Waals surface area contributed by atoms with Crippen LogP contribution in [0.5, 0.6) is 5.75 Å². The number of hydrogen-bond acceptors (Lipinski definition) is 5. The average molecular weight is 378 g/mol. The van der Waals surface area contributed by atoms with Crippen LogP contribution in [0.2, 0.25) is 0 Å². The molecule has 0 radical (unpaired) electrons. The second-order valence-corrected chi connectivity index (χ2v) is 7.12. The lowest BCUT2D eigenvalue weighted by Gasteiger charge is -2.11. The molecule has 27 heavy (non-hydrogen) atoms. The van der Waals surface area contributed by atoms with Crippen molar-refractivity contribution in [3.8, 4) is 5.75 Å². The first-order valence-electron chi connectivity index (χ1n) is 8.45. The van der Waals surface area contributed by atoms with Gasteiger partial charge in [-0.1, -0.05) is 18.2 Å². The Balaban J connectivity index is 1.71. The van der Waals surface area contributed by atoms with Crippen molar-refractivity contribution >= 4 is 34.0 Å². The summed E-state index contributed by atoms with van der Waals surface area (Å²) in [5.74, 6) is 0.395. The first-order valence-corrected chi connectivity index (χ1v) is 9.33. The van der Waals surface area contributed by atoms with Crippen LogP contribution in [0.3, 0.4) is 0 Å². The van der Waals surface area contributed by atoms with Crippen molar-refractivity contribution in [2.45, 2.75) is 13.5 Å².